The van der Waals surface area contributed by atoms with Crippen LogP contribution in [0.1, 0.15) is 46.5 Å². The van der Waals surface area contributed by atoms with Crippen molar-refractivity contribution in [3.8, 4) is 0 Å². The Morgan fingerprint density at radius 3 is 2.67 bits per heavy atom. The first kappa shape index (κ1) is 13.0. The molecule has 15 heavy (non-hydrogen) atoms. The van der Waals surface area contributed by atoms with Crippen molar-refractivity contribution in [1.29, 1.82) is 0 Å². The smallest absolute Gasteiger partial charge is 0.0471 e. The van der Waals surface area contributed by atoms with Crippen LogP contribution in [-0.2, 0) is 0 Å². The molecular weight excluding hydrogens is 186 g/mol. The second kappa shape index (κ2) is 6.49. The number of hydrogen-bond donors (Lipinski definition) is 2. The van der Waals surface area contributed by atoms with Gasteiger partial charge in [0.25, 0.3) is 0 Å². The first-order valence-electron chi connectivity index (χ1n) is 6.47. The van der Waals surface area contributed by atoms with Gasteiger partial charge < -0.3 is 10.4 Å². The van der Waals surface area contributed by atoms with Gasteiger partial charge in [0.15, 0.2) is 0 Å². The Balaban J connectivity index is 2.18. The summed E-state index contributed by atoms with van der Waals surface area (Å²) in [6.07, 6.45) is 5.58. The Bertz CT molecular complexity index is 172. The lowest BCUT2D eigenvalue weighted by Gasteiger charge is -2.29. The van der Waals surface area contributed by atoms with Crippen LogP contribution in [0, 0.1) is 17.8 Å². The quantitative estimate of drug-likeness (QED) is 0.735. The van der Waals surface area contributed by atoms with Crippen molar-refractivity contribution < 1.29 is 5.11 Å². The monoisotopic (exact) mass is 213 g/mol. The van der Waals surface area contributed by atoms with Crippen molar-refractivity contribution in [3.63, 3.8) is 0 Å². The molecule has 0 radical (unpaired) electrons. The Kier molecular flexibility index (Phi) is 5.62. The molecule has 2 nitrogen and oxygen atoms in total. The molecule has 4 atom stereocenters. The minimum Gasteiger partial charge on any atom is -0.396 e. The van der Waals surface area contributed by atoms with Crippen molar-refractivity contribution in [2.75, 3.05) is 13.2 Å². The molecule has 0 bridgehead atoms. The van der Waals surface area contributed by atoms with E-state index in [1.165, 1.54) is 25.7 Å². The number of aliphatic hydroxyl groups excluding tert-OH is 1. The van der Waals surface area contributed by atoms with Crippen molar-refractivity contribution >= 4 is 0 Å². The van der Waals surface area contributed by atoms with Crippen LogP contribution in [0.2, 0.25) is 0 Å². The summed E-state index contributed by atoms with van der Waals surface area (Å²) in [7, 11) is 0. The van der Waals surface area contributed by atoms with E-state index in [1.807, 2.05) is 0 Å². The van der Waals surface area contributed by atoms with Crippen LogP contribution in [0.4, 0.5) is 0 Å². The fourth-order valence-corrected chi connectivity index (χ4v) is 2.46. The van der Waals surface area contributed by atoms with Gasteiger partial charge in [0.05, 0.1) is 0 Å². The molecule has 1 rings (SSSR count). The Labute approximate surface area is 94.5 Å². The molecular formula is C13H27NO. The highest BCUT2D eigenvalue weighted by molar-refractivity contribution is 4.75. The maximum Gasteiger partial charge on any atom is 0.0471 e. The summed E-state index contributed by atoms with van der Waals surface area (Å²) in [4.78, 5) is 0. The highest BCUT2D eigenvalue weighted by Crippen LogP contribution is 2.28. The molecule has 1 aliphatic carbocycles. The lowest BCUT2D eigenvalue weighted by molar-refractivity contribution is 0.196. The molecule has 1 aliphatic rings. The topological polar surface area (TPSA) is 32.3 Å². The van der Waals surface area contributed by atoms with Crippen molar-refractivity contribution in [2.45, 2.75) is 52.5 Å². The van der Waals surface area contributed by atoms with Crippen LogP contribution in [0.3, 0.4) is 0 Å². The van der Waals surface area contributed by atoms with Gasteiger partial charge in [-0.2, -0.15) is 0 Å². The van der Waals surface area contributed by atoms with Crippen LogP contribution >= 0.6 is 0 Å². The molecule has 2 heteroatoms. The maximum absolute atomic E-state index is 9.04. The van der Waals surface area contributed by atoms with E-state index in [2.05, 4.69) is 26.1 Å². The lowest BCUT2D eigenvalue weighted by Crippen LogP contribution is -2.38. The molecule has 4 unspecified atom stereocenters. The molecule has 0 aromatic carbocycles. The minimum absolute atomic E-state index is 0.287. The van der Waals surface area contributed by atoms with Gasteiger partial charge in [-0.05, 0) is 44.1 Å². The molecule has 0 aromatic rings. The van der Waals surface area contributed by atoms with Gasteiger partial charge in [0.2, 0.25) is 0 Å². The fraction of sp³-hybridized carbons (Fsp3) is 1.00. The molecule has 0 heterocycles. The number of hydrogen-bond acceptors (Lipinski definition) is 2. The first-order chi connectivity index (χ1) is 7.13. The van der Waals surface area contributed by atoms with Gasteiger partial charge in [0.1, 0.15) is 0 Å². The van der Waals surface area contributed by atoms with Gasteiger partial charge in [-0.3, -0.25) is 0 Å². The second-order valence-electron chi connectivity index (χ2n) is 5.49. The van der Waals surface area contributed by atoms with Crippen LogP contribution in [-0.4, -0.2) is 24.3 Å². The summed E-state index contributed by atoms with van der Waals surface area (Å²) < 4.78 is 0. The van der Waals surface area contributed by atoms with Gasteiger partial charge in [-0.15, -0.1) is 0 Å². The van der Waals surface area contributed by atoms with E-state index in [9.17, 15) is 0 Å². The molecule has 0 aliphatic heterocycles. The fourth-order valence-electron chi connectivity index (χ4n) is 2.46. The summed E-state index contributed by atoms with van der Waals surface area (Å²) in [5.74, 6) is 2.14. The van der Waals surface area contributed by atoms with E-state index in [0.29, 0.717) is 12.0 Å². The summed E-state index contributed by atoms with van der Waals surface area (Å²) in [5, 5.41) is 12.6. The standard InChI is InChI=1S/C13H27NO/c1-10-5-4-6-13(7-10)8-14-12(3)11(2)9-15/h10-15H,4-9H2,1-3H3. The zero-order valence-corrected chi connectivity index (χ0v) is 10.5. The zero-order chi connectivity index (χ0) is 11.3. The predicted octanol–water partition coefficient (Wildman–Crippen LogP) is 2.42. The third-order valence-electron chi connectivity index (χ3n) is 3.92. The van der Waals surface area contributed by atoms with Gasteiger partial charge >= 0.3 is 0 Å². The number of nitrogens with one attached hydrogen (secondary N) is 1. The molecule has 1 fully saturated rings. The Morgan fingerprint density at radius 2 is 2.07 bits per heavy atom. The third kappa shape index (κ3) is 4.52. The van der Waals surface area contributed by atoms with Crippen LogP contribution < -0.4 is 5.32 Å². The third-order valence-corrected chi connectivity index (χ3v) is 3.92. The van der Waals surface area contributed by atoms with Gasteiger partial charge in [-0.25, -0.2) is 0 Å². The second-order valence-corrected chi connectivity index (χ2v) is 5.49. The van der Waals surface area contributed by atoms with Crippen molar-refractivity contribution in [2.24, 2.45) is 17.8 Å². The van der Waals surface area contributed by atoms with Crippen molar-refractivity contribution in [1.82, 2.24) is 5.32 Å². The van der Waals surface area contributed by atoms with Gasteiger partial charge in [0, 0.05) is 12.6 Å². The highest BCUT2D eigenvalue weighted by Gasteiger charge is 2.19. The molecule has 0 amide bonds. The molecule has 0 aromatic heterocycles. The maximum atomic E-state index is 9.04. The summed E-state index contributed by atoms with van der Waals surface area (Å²) >= 11 is 0. The average molecular weight is 213 g/mol. The summed E-state index contributed by atoms with van der Waals surface area (Å²) in [6, 6.07) is 0.437. The van der Waals surface area contributed by atoms with E-state index in [1.54, 1.807) is 0 Å². The normalized spacial score (nSPS) is 31.2. The molecule has 0 spiro atoms. The summed E-state index contributed by atoms with van der Waals surface area (Å²) in [6.45, 7) is 8.06. The van der Waals surface area contributed by atoms with E-state index in [0.717, 1.165) is 18.4 Å². The van der Waals surface area contributed by atoms with E-state index >= 15 is 0 Å². The van der Waals surface area contributed by atoms with Crippen LogP contribution in [0.25, 0.3) is 0 Å². The Morgan fingerprint density at radius 1 is 1.33 bits per heavy atom. The van der Waals surface area contributed by atoms with Crippen LogP contribution in [0.5, 0.6) is 0 Å². The van der Waals surface area contributed by atoms with Crippen LogP contribution in [0.15, 0.2) is 0 Å². The molecule has 1 saturated carbocycles. The number of rotatable bonds is 5. The number of aliphatic hydroxyl groups is 1. The SMILES string of the molecule is CC1CCCC(CNC(C)C(C)CO)C1. The largest absolute Gasteiger partial charge is 0.396 e. The Hall–Kier alpha value is -0.0800. The van der Waals surface area contributed by atoms with Gasteiger partial charge in [-0.1, -0.05) is 26.7 Å². The molecule has 2 N–H and O–H groups in total. The zero-order valence-electron chi connectivity index (χ0n) is 10.5. The highest BCUT2D eigenvalue weighted by atomic mass is 16.3. The molecule has 0 saturated heterocycles. The van der Waals surface area contributed by atoms with Crippen molar-refractivity contribution in [3.05, 3.63) is 0 Å². The first-order valence-corrected chi connectivity index (χ1v) is 6.47. The average Bonchev–Trinajstić information content (AvgIpc) is 2.25. The summed E-state index contributed by atoms with van der Waals surface area (Å²) in [5.41, 5.74) is 0. The molecule has 90 valence electrons. The van der Waals surface area contributed by atoms with E-state index < -0.39 is 0 Å². The lowest BCUT2D eigenvalue weighted by atomic mass is 9.82. The van der Waals surface area contributed by atoms with E-state index in [-0.39, 0.29) is 6.61 Å². The van der Waals surface area contributed by atoms with E-state index in [4.69, 9.17) is 5.11 Å². The minimum atomic E-state index is 0.287. The predicted molar refractivity (Wildman–Crippen MR) is 64.8 cm³/mol.